The summed E-state index contributed by atoms with van der Waals surface area (Å²) < 4.78 is 40.2. The second-order valence-electron chi connectivity index (χ2n) is 5.07. The van der Waals surface area contributed by atoms with Gasteiger partial charge in [-0.05, 0) is 25.3 Å². The minimum absolute atomic E-state index is 0.0132. The fourth-order valence-corrected chi connectivity index (χ4v) is 2.58. The van der Waals surface area contributed by atoms with Gasteiger partial charge >= 0.3 is 0 Å². The smallest absolute Gasteiger partial charge is 0.283 e. The Hall–Kier alpha value is -0.890. The zero-order chi connectivity index (χ0) is 14.3. The van der Waals surface area contributed by atoms with Crippen molar-refractivity contribution in [3.05, 3.63) is 35.1 Å². The van der Waals surface area contributed by atoms with E-state index in [1.165, 1.54) is 21.4 Å². The van der Waals surface area contributed by atoms with Gasteiger partial charge in [0.05, 0.1) is 5.41 Å². The van der Waals surface area contributed by atoms with Gasteiger partial charge < -0.3 is 0 Å². The zero-order valence-electron chi connectivity index (χ0n) is 10.7. The van der Waals surface area contributed by atoms with E-state index in [0.29, 0.717) is 25.7 Å². The van der Waals surface area contributed by atoms with Crippen LogP contribution in [0.2, 0.25) is 0 Å². The lowest BCUT2D eigenvalue weighted by molar-refractivity contribution is -0.121. The van der Waals surface area contributed by atoms with E-state index in [2.05, 4.69) is 0 Å². The monoisotopic (exact) mass is 288 g/mol. The van der Waals surface area contributed by atoms with Crippen molar-refractivity contribution < 1.29 is 18.0 Å². The third kappa shape index (κ3) is 2.69. The number of carbonyl (C=O) groups is 1. The van der Waals surface area contributed by atoms with Gasteiger partial charge in [-0.2, -0.15) is 8.78 Å². The summed E-state index contributed by atoms with van der Waals surface area (Å²) in [4.78, 5) is 12.0. The van der Waals surface area contributed by atoms with Gasteiger partial charge in [0.15, 0.2) is 0 Å². The minimum Gasteiger partial charge on any atom is -0.299 e. The van der Waals surface area contributed by atoms with Crippen molar-refractivity contribution in [2.45, 2.75) is 43.7 Å². The van der Waals surface area contributed by atoms with E-state index >= 15 is 0 Å². The Bertz CT molecular complexity index is 504. The number of hydrogen-bond donors (Lipinski definition) is 0. The summed E-state index contributed by atoms with van der Waals surface area (Å²) in [5.41, 5.74) is -4.03. The van der Waals surface area contributed by atoms with E-state index in [9.17, 15) is 18.0 Å². The lowest BCUT2D eigenvalue weighted by atomic mass is 9.88. The first-order valence-corrected chi connectivity index (χ1v) is 6.89. The number of halogens is 3. The highest BCUT2D eigenvalue weighted by molar-refractivity contribution is 7.17. The molecule has 0 aliphatic heterocycles. The maximum Gasteiger partial charge on any atom is 0.283 e. The highest BCUT2D eigenvalue weighted by atomic mass is 31.0. The summed E-state index contributed by atoms with van der Waals surface area (Å²) >= 11 is 0. The Morgan fingerprint density at radius 2 is 2.05 bits per heavy atom. The topological polar surface area (TPSA) is 17.1 Å². The average molecular weight is 288 g/mol. The maximum atomic E-state index is 14.0. The first kappa shape index (κ1) is 14.5. The molecule has 2 rings (SSSR count). The second kappa shape index (κ2) is 4.90. The summed E-state index contributed by atoms with van der Waals surface area (Å²) in [6, 6.07) is 3.37. The van der Waals surface area contributed by atoms with Crippen LogP contribution >= 0.6 is 9.24 Å². The van der Waals surface area contributed by atoms with E-state index in [1.807, 2.05) is 6.92 Å². The van der Waals surface area contributed by atoms with Gasteiger partial charge in [-0.25, -0.2) is 4.39 Å². The van der Waals surface area contributed by atoms with E-state index in [0.717, 1.165) is 6.07 Å². The molecule has 5 heteroatoms. The lowest BCUT2D eigenvalue weighted by Crippen LogP contribution is -2.22. The SMILES string of the molecule is CCCC(=O)C1(c2ccc(C(F)(F)P)cc2F)CC1. The fraction of sp³-hybridized carbons (Fsp3) is 0.500. The van der Waals surface area contributed by atoms with Crippen LogP contribution in [0.3, 0.4) is 0 Å². The van der Waals surface area contributed by atoms with Gasteiger partial charge in [-0.3, -0.25) is 4.79 Å². The van der Waals surface area contributed by atoms with Crippen LogP contribution in [0.1, 0.15) is 43.7 Å². The Kier molecular flexibility index (Phi) is 3.74. The van der Waals surface area contributed by atoms with Gasteiger partial charge in [0.2, 0.25) is 0 Å². The first-order valence-electron chi connectivity index (χ1n) is 6.32. The molecule has 0 radical (unpaired) electrons. The predicted molar refractivity (Wildman–Crippen MR) is 70.8 cm³/mol. The highest BCUT2D eigenvalue weighted by Gasteiger charge is 2.51. The Balaban J connectivity index is 2.35. The van der Waals surface area contributed by atoms with Gasteiger partial charge in [0.25, 0.3) is 5.66 Å². The molecule has 0 amide bonds. The van der Waals surface area contributed by atoms with Crippen LogP contribution in [0.5, 0.6) is 0 Å². The molecule has 1 saturated carbocycles. The number of Topliss-reactive ketones (excluding diaryl/α,β-unsaturated/α-hetero) is 1. The molecule has 0 spiro atoms. The van der Waals surface area contributed by atoms with E-state index < -0.39 is 22.5 Å². The van der Waals surface area contributed by atoms with Crippen LogP contribution in [0, 0.1) is 5.82 Å². The van der Waals surface area contributed by atoms with Crippen LogP contribution in [-0.2, 0) is 15.9 Å². The number of rotatable bonds is 5. The number of alkyl halides is 2. The van der Waals surface area contributed by atoms with Gasteiger partial charge in [-0.15, -0.1) is 0 Å². The maximum absolute atomic E-state index is 14.0. The molecule has 0 aromatic heterocycles. The standard InChI is InChI=1S/C14H16F3OP/c1-2-3-12(18)13(6-7-13)10-5-4-9(8-11(10)15)14(16,17)19/h4-5,8H,2-3,6-7,19H2,1H3. The van der Waals surface area contributed by atoms with E-state index in [4.69, 9.17) is 0 Å². The molecule has 19 heavy (non-hydrogen) atoms. The Labute approximate surface area is 112 Å². The summed E-state index contributed by atoms with van der Waals surface area (Å²) in [6.07, 6.45) is 2.34. The van der Waals surface area contributed by atoms with Crippen LogP contribution < -0.4 is 0 Å². The van der Waals surface area contributed by atoms with Crippen LogP contribution in [0.25, 0.3) is 0 Å². The van der Waals surface area contributed by atoms with Crippen molar-refractivity contribution in [1.82, 2.24) is 0 Å². The second-order valence-corrected chi connectivity index (χ2v) is 5.80. The summed E-state index contributed by atoms with van der Waals surface area (Å²) in [6.45, 7) is 1.89. The normalized spacial score (nSPS) is 17.3. The van der Waals surface area contributed by atoms with Crippen molar-refractivity contribution >= 4 is 15.0 Å². The van der Waals surface area contributed by atoms with Crippen molar-refractivity contribution in [2.75, 3.05) is 0 Å². The third-order valence-electron chi connectivity index (χ3n) is 3.63. The number of carbonyl (C=O) groups excluding carboxylic acids is 1. The van der Waals surface area contributed by atoms with Gasteiger partial charge in [0.1, 0.15) is 11.6 Å². The molecule has 0 bridgehead atoms. The van der Waals surface area contributed by atoms with Gasteiger partial charge in [-0.1, -0.05) is 28.3 Å². The van der Waals surface area contributed by atoms with Crippen LogP contribution in [0.15, 0.2) is 18.2 Å². The first-order chi connectivity index (χ1) is 8.81. The fourth-order valence-electron chi connectivity index (χ4n) is 2.40. The van der Waals surface area contributed by atoms with Crippen molar-refractivity contribution in [3.8, 4) is 0 Å². The lowest BCUT2D eigenvalue weighted by Gasteiger charge is -2.17. The molecule has 1 aromatic carbocycles. The molecule has 0 saturated heterocycles. The molecule has 0 heterocycles. The highest BCUT2D eigenvalue weighted by Crippen LogP contribution is 2.51. The van der Waals surface area contributed by atoms with Crippen molar-refractivity contribution in [2.24, 2.45) is 0 Å². The van der Waals surface area contributed by atoms with E-state index in [1.54, 1.807) is 0 Å². The third-order valence-corrected chi connectivity index (χ3v) is 3.96. The molecule has 1 aliphatic carbocycles. The Morgan fingerprint density at radius 1 is 1.42 bits per heavy atom. The molecule has 1 nitrogen and oxygen atoms in total. The molecular weight excluding hydrogens is 272 g/mol. The largest absolute Gasteiger partial charge is 0.299 e. The zero-order valence-corrected chi connectivity index (χ0v) is 11.8. The molecular formula is C14H16F3OP. The van der Waals surface area contributed by atoms with E-state index in [-0.39, 0.29) is 11.3 Å². The Morgan fingerprint density at radius 3 is 2.47 bits per heavy atom. The van der Waals surface area contributed by atoms with Crippen molar-refractivity contribution in [1.29, 1.82) is 0 Å². The molecule has 1 atom stereocenters. The van der Waals surface area contributed by atoms with Crippen LogP contribution in [-0.4, -0.2) is 5.78 Å². The molecule has 1 unspecified atom stereocenters. The molecule has 1 aliphatic rings. The molecule has 104 valence electrons. The summed E-state index contributed by atoms with van der Waals surface area (Å²) in [5, 5.41) is 0. The quantitative estimate of drug-likeness (QED) is 0.744. The summed E-state index contributed by atoms with van der Waals surface area (Å²) in [5.74, 6) is -0.694. The molecule has 0 N–H and O–H groups in total. The minimum atomic E-state index is -3.15. The number of ketones is 1. The number of hydrogen-bond acceptors (Lipinski definition) is 1. The number of benzene rings is 1. The predicted octanol–water partition coefficient (Wildman–Crippen LogP) is 4.15. The van der Waals surface area contributed by atoms with Crippen molar-refractivity contribution in [3.63, 3.8) is 0 Å². The molecule has 1 fully saturated rings. The van der Waals surface area contributed by atoms with Gasteiger partial charge in [0, 0.05) is 17.5 Å². The summed E-state index contributed by atoms with van der Waals surface area (Å²) in [7, 11) is 1.38. The average Bonchev–Trinajstić information content (AvgIpc) is 3.09. The molecule has 1 aromatic rings. The van der Waals surface area contributed by atoms with Crippen LogP contribution in [0.4, 0.5) is 13.2 Å².